The zero-order chi connectivity index (χ0) is 19.3. The Morgan fingerprint density at radius 2 is 1.92 bits per heavy atom. The molecule has 1 aliphatic carbocycles. The fourth-order valence-electron chi connectivity index (χ4n) is 3.45. The topological polar surface area (TPSA) is 67.2 Å². The number of amides is 2. The molecule has 1 aliphatic rings. The maximum absolute atomic E-state index is 12.8. The molecule has 1 aromatic heterocycles. The minimum atomic E-state index is -0.161. The number of aromatic nitrogens is 2. The Kier molecular flexibility index (Phi) is 6.84. The fourth-order valence-corrected chi connectivity index (χ4v) is 3.45. The molecule has 1 heterocycles. The van der Waals surface area contributed by atoms with Gasteiger partial charge in [-0.1, -0.05) is 47.0 Å². The predicted molar refractivity (Wildman–Crippen MR) is 104 cm³/mol. The monoisotopic (exact) mass is 362 g/mol. The smallest absolute Gasteiger partial charge is 0.245 e. The summed E-state index contributed by atoms with van der Waals surface area (Å²) in [6.45, 7) is 9.04. The van der Waals surface area contributed by atoms with E-state index < -0.39 is 0 Å². The molecule has 1 saturated carbocycles. The van der Waals surface area contributed by atoms with Crippen LogP contribution in [0, 0.1) is 5.92 Å². The first-order valence-electron chi connectivity index (χ1n) is 9.85. The molecule has 0 spiro atoms. The van der Waals surface area contributed by atoms with Crippen molar-refractivity contribution in [3.63, 3.8) is 0 Å². The van der Waals surface area contributed by atoms with Crippen LogP contribution in [0.15, 0.2) is 6.07 Å². The first-order chi connectivity index (χ1) is 12.2. The number of nitrogens with zero attached hydrogens (tertiary/aromatic N) is 3. The summed E-state index contributed by atoms with van der Waals surface area (Å²) < 4.78 is 1.69. The summed E-state index contributed by atoms with van der Waals surface area (Å²) in [5, 5.41) is 7.40. The van der Waals surface area contributed by atoms with E-state index >= 15 is 0 Å². The molecule has 146 valence electrons. The summed E-state index contributed by atoms with van der Waals surface area (Å²) in [7, 11) is 1.82. The van der Waals surface area contributed by atoms with Crippen LogP contribution >= 0.6 is 0 Å². The van der Waals surface area contributed by atoms with E-state index in [1.165, 1.54) is 6.42 Å². The summed E-state index contributed by atoms with van der Waals surface area (Å²) in [6, 6.07) is 1.91. The second-order valence-electron chi connectivity index (χ2n) is 8.43. The molecule has 2 amide bonds. The summed E-state index contributed by atoms with van der Waals surface area (Å²) in [4.78, 5) is 27.1. The van der Waals surface area contributed by atoms with Crippen molar-refractivity contribution in [2.75, 3.05) is 18.4 Å². The van der Waals surface area contributed by atoms with Crippen molar-refractivity contribution in [2.24, 2.45) is 13.0 Å². The largest absolute Gasteiger partial charge is 0.333 e. The van der Waals surface area contributed by atoms with Crippen molar-refractivity contribution in [3.8, 4) is 0 Å². The van der Waals surface area contributed by atoms with Crippen molar-refractivity contribution in [3.05, 3.63) is 11.8 Å². The highest BCUT2D eigenvalue weighted by molar-refractivity contribution is 5.94. The second kappa shape index (κ2) is 8.69. The van der Waals surface area contributed by atoms with Crippen LogP contribution in [0.25, 0.3) is 0 Å². The third-order valence-corrected chi connectivity index (χ3v) is 5.01. The Labute approximate surface area is 157 Å². The normalized spacial score (nSPS) is 15.7. The number of nitrogens with one attached hydrogen (secondary N) is 1. The molecule has 1 fully saturated rings. The van der Waals surface area contributed by atoms with Crippen molar-refractivity contribution in [1.29, 1.82) is 0 Å². The predicted octanol–water partition coefficient (Wildman–Crippen LogP) is 3.48. The van der Waals surface area contributed by atoms with Gasteiger partial charge in [0.25, 0.3) is 0 Å². The Bertz CT molecular complexity index is 624. The molecule has 0 unspecified atom stereocenters. The van der Waals surface area contributed by atoms with Crippen LogP contribution < -0.4 is 5.32 Å². The molecular weight excluding hydrogens is 328 g/mol. The average Bonchev–Trinajstić information content (AvgIpc) is 2.95. The maximum atomic E-state index is 12.8. The van der Waals surface area contributed by atoms with E-state index in [-0.39, 0.29) is 29.7 Å². The molecule has 0 atom stereocenters. The molecule has 0 saturated heterocycles. The van der Waals surface area contributed by atoms with E-state index in [2.05, 4.69) is 31.2 Å². The lowest BCUT2D eigenvalue weighted by Gasteiger charge is -2.28. The van der Waals surface area contributed by atoms with Crippen LogP contribution in [0.4, 0.5) is 5.82 Å². The number of carbonyl (C=O) groups is 2. The van der Waals surface area contributed by atoms with Crippen molar-refractivity contribution >= 4 is 17.6 Å². The van der Waals surface area contributed by atoms with Gasteiger partial charge in [0.15, 0.2) is 0 Å². The van der Waals surface area contributed by atoms with Gasteiger partial charge in [-0.15, -0.1) is 0 Å². The van der Waals surface area contributed by atoms with Crippen LogP contribution in [0.1, 0.15) is 71.9 Å². The zero-order valence-corrected chi connectivity index (χ0v) is 17.0. The van der Waals surface area contributed by atoms with Crippen LogP contribution in [0.2, 0.25) is 0 Å². The SMILES string of the molecule is CCCN(CC(=O)Nc1cc(C(C)(C)C)nn1C)C(=O)C1CCCCC1. The van der Waals surface area contributed by atoms with Gasteiger partial charge in [0, 0.05) is 31.0 Å². The van der Waals surface area contributed by atoms with Crippen molar-refractivity contribution in [1.82, 2.24) is 14.7 Å². The summed E-state index contributed by atoms with van der Waals surface area (Å²) in [5.74, 6) is 0.738. The average molecular weight is 363 g/mol. The number of hydrogen-bond acceptors (Lipinski definition) is 3. The number of rotatable bonds is 6. The van der Waals surface area contributed by atoms with Crippen LogP contribution in [-0.2, 0) is 22.1 Å². The Hall–Kier alpha value is -1.85. The van der Waals surface area contributed by atoms with E-state index in [9.17, 15) is 9.59 Å². The molecule has 6 heteroatoms. The van der Waals surface area contributed by atoms with Gasteiger partial charge in [-0.25, -0.2) is 0 Å². The van der Waals surface area contributed by atoms with Gasteiger partial charge in [0.2, 0.25) is 11.8 Å². The van der Waals surface area contributed by atoms with E-state index in [4.69, 9.17) is 0 Å². The minimum absolute atomic E-state index is 0.0774. The third-order valence-electron chi connectivity index (χ3n) is 5.01. The van der Waals surface area contributed by atoms with Gasteiger partial charge >= 0.3 is 0 Å². The summed E-state index contributed by atoms with van der Waals surface area (Å²) in [5.41, 5.74) is 0.852. The lowest BCUT2D eigenvalue weighted by molar-refractivity contribution is -0.139. The number of hydrogen-bond donors (Lipinski definition) is 1. The molecule has 0 aromatic carbocycles. The highest BCUT2D eigenvalue weighted by atomic mass is 16.2. The number of anilines is 1. The van der Waals surface area contributed by atoms with Crippen molar-refractivity contribution < 1.29 is 9.59 Å². The first-order valence-corrected chi connectivity index (χ1v) is 9.85. The number of carbonyl (C=O) groups excluding carboxylic acids is 2. The number of aryl methyl sites for hydroxylation is 1. The molecule has 0 bridgehead atoms. The standard InChI is InChI=1S/C20H34N4O2/c1-6-12-24(19(26)15-10-8-7-9-11-15)14-18(25)21-17-13-16(20(2,3)4)22-23(17)5/h13,15H,6-12,14H2,1-5H3,(H,21,25). The molecule has 6 nitrogen and oxygen atoms in total. The van der Waals surface area contributed by atoms with Gasteiger partial charge in [-0.2, -0.15) is 5.10 Å². The molecule has 1 aromatic rings. The van der Waals surface area contributed by atoms with Gasteiger partial charge in [0.1, 0.15) is 5.82 Å². The third kappa shape index (κ3) is 5.32. The maximum Gasteiger partial charge on any atom is 0.245 e. The van der Waals surface area contributed by atoms with Gasteiger partial charge in [-0.3, -0.25) is 14.3 Å². The fraction of sp³-hybridized carbons (Fsp3) is 0.750. The first kappa shape index (κ1) is 20.5. The highest BCUT2D eigenvalue weighted by Crippen LogP contribution is 2.26. The van der Waals surface area contributed by atoms with E-state index in [1.807, 2.05) is 20.0 Å². The molecule has 26 heavy (non-hydrogen) atoms. The van der Waals surface area contributed by atoms with Gasteiger partial charge in [0.05, 0.1) is 12.2 Å². The molecule has 0 radical (unpaired) electrons. The second-order valence-corrected chi connectivity index (χ2v) is 8.43. The highest BCUT2D eigenvalue weighted by Gasteiger charge is 2.27. The molecule has 0 aliphatic heterocycles. The zero-order valence-electron chi connectivity index (χ0n) is 17.0. The summed E-state index contributed by atoms with van der Waals surface area (Å²) >= 11 is 0. The summed E-state index contributed by atoms with van der Waals surface area (Å²) in [6.07, 6.45) is 6.22. The lowest BCUT2D eigenvalue weighted by atomic mass is 9.88. The molecule has 2 rings (SSSR count). The van der Waals surface area contributed by atoms with Crippen molar-refractivity contribution in [2.45, 2.75) is 71.6 Å². The van der Waals surface area contributed by atoms with Gasteiger partial charge in [-0.05, 0) is 19.3 Å². The van der Waals surface area contributed by atoms with E-state index in [0.717, 1.165) is 37.8 Å². The van der Waals surface area contributed by atoms with Gasteiger partial charge < -0.3 is 10.2 Å². The lowest BCUT2D eigenvalue weighted by Crippen LogP contribution is -2.42. The van der Waals surface area contributed by atoms with Crippen LogP contribution in [-0.4, -0.2) is 39.6 Å². The van der Waals surface area contributed by atoms with E-state index in [1.54, 1.807) is 9.58 Å². The molecular formula is C20H34N4O2. The van der Waals surface area contributed by atoms with Crippen LogP contribution in [0.3, 0.4) is 0 Å². The molecule has 1 N–H and O–H groups in total. The Morgan fingerprint density at radius 3 is 2.46 bits per heavy atom. The van der Waals surface area contributed by atoms with E-state index in [0.29, 0.717) is 12.4 Å². The quantitative estimate of drug-likeness (QED) is 0.842. The Morgan fingerprint density at radius 1 is 1.27 bits per heavy atom. The van der Waals surface area contributed by atoms with Crippen LogP contribution in [0.5, 0.6) is 0 Å². The Balaban J connectivity index is 2.01. The minimum Gasteiger partial charge on any atom is -0.333 e.